The first-order valence-corrected chi connectivity index (χ1v) is 12.5. The zero-order chi connectivity index (χ0) is 25.9. The first-order valence-electron chi connectivity index (χ1n) is 11.5. The van der Waals surface area contributed by atoms with E-state index in [1.54, 1.807) is 30.5 Å². The molecule has 190 valence electrons. The topological polar surface area (TPSA) is 129 Å². The first-order chi connectivity index (χ1) is 18.1. The van der Waals surface area contributed by atoms with Crippen LogP contribution in [-0.2, 0) is 11.4 Å². The summed E-state index contributed by atoms with van der Waals surface area (Å²) in [6, 6.07) is 24.7. The molecule has 0 fully saturated rings. The summed E-state index contributed by atoms with van der Waals surface area (Å²) in [6.45, 7) is 2.95. The van der Waals surface area contributed by atoms with Gasteiger partial charge in [0.2, 0.25) is 11.1 Å². The predicted octanol–water partition coefficient (Wildman–Crippen LogP) is 4.15. The predicted molar refractivity (Wildman–Crippen MR) is 146 cm³/mol. The molecule has 0 bridgehead atoms. The number of benzene rings is 3. The van der Waals surface area contributed by atoms with Gasteiger partial charge in [0.05, 0.1) is 18.6 Å². The summed E-state index contributed by atoms with van der Waals surface area (Å²) in [5, 5.41) is 15.4. The molecule has 0 atom stereocenters. The van der Waals surface area contributed by atoms with Crippen molar-refractivity contribution in [3.05, 3.63) is 90.0 Å². The van der Waals surface area contributed by atoms with E-state index in [4.69, 9.17) is 15.3 Å². The summed E-state index contributed by atoms with van der Waals surface area (Å²) in [5.74, 6) is 7.66. The molecule has 4 rings (SSSR count). The number of nitrogens with zero attached hydrogens (tertiary/aromatic N) is 4. The summed E-state index contributed by atoms with van der Waals surface area (Å²) in [5.41, 5.74) is 5.31. The molecule has 1 heterocycles. The number of hydrogen-bond acceptors (Lipinski definition) is 9. The average molecular weight is 518 g/mol. The summed E-state index contributed by atoms with van der Waals surface area (Å²) in [4.78, 5) is 12.3. The summed E-state index contributed by atoms with van der Waals surface area (Å²) >= 11 is 1.16. The number of amides is 1. The second kappa shape index (κ2) is 13.0. The number of aromatic nitrogens is 3. The van der Waals surface area contributed by atoms with E-state index in [2.05, 4.69) is 26.0 Å². The monoisotopic (exact) mass is 517 g/mol. The number of para-hydroxylation sites is 1. The van der Waals surface area contributed by atoms with Crippen LogP contribution in [0.4, 0.5) is 11.6 Å². The molecule has 0 saturated heterocycles. The number of nitrogen functional groups attached to an aromatic ring is 1. The molecular weight excluding hydrogens is 490 g/mol. The maximum Gasteiger partial charge on any atom is 0.264 e. The molecule has 11 heteroatoms. The molecule has 0 saturated carbocycles. The van der Waals surface area contributed by atoms with Gasteiger partial charge in [0.1, 0.15) is 18.1 Å². The lowest BCUT2D eigenvalue weighted by Crippen LogP contribution is -2.16. The average Bonchev–Trinajstić information content (AvgIpc) is 3.27. The number of thioether (sulfide) groups is 1. The van der Waals surface area contributed by atoms with Gasteiger partial charge in [-0.3, -0.25) is 4.79 Å². The fourth-order valence-corrected chi connectivity index (χ4v) is 3.85. The number of hydrogen-bond donors (Lipinski definition) is 3. The summed E-state index contributed by atoms with van der Waals surface area (Å²) in [7, 11) is 0. The van der Waals surface area contributed by atoms with Gasteiger partial charge in [-0.15, -0.1) is 10.2 Å². The number of nitrogens with one attached hydrogen (secondary N) is 2. The zero-order valence-electron chi connectivity index (χ0n) is 20.2. The molecule has 1 aromatic heterocycles. The van der Waals surface area contributed by atoms with Gasteiger partial charge in [0, 0.05) is 11.3 Å². The zero-order valence-corrected chi connectivity index (χ0v) is 21.0. The van der Waals surface area contributed by atoms with Gasteiger partial charge in [0.25, 0.3) is 5.95 Å². The van der Waals surface area contributed by atoms with Gasteiger partial charge in [-0.1, -0.05) is 54.2 Å². The third-order valence-corrected chi connectivity index (χ3v) is 5.91. The Bertz CT molecular complexity index is 1330. The van der Waals surface area contributed by atoms with E-state index in [1.165, 1.54) is 4.68 Å². The van der Waals surface area contributed by atoms with Gasteiger partial charge in [-0.05, 0) is 48.9 Å². The molecular formula is C26H27N7O3S. The fraction of sp³-hybridized carbons (Fsp3) is 0.154. The molecule has 0 aliphatic carbocycles. The lowest BCUT2D eigenvalue weighted by Gasteiger charge is -2.09. The number of carbonyl (C=O) groups excluding carboxylic acids is 1. The number of anilines is 2. The number of ether oxygens (including phenoxy) is 2. The molecule has 37 heavy (non-hydrogen) atoms. The van der Waals surface area contributed by atoms with Crippen LogP contribution in [0.25, 0.3) is 0 Å². The Labute approximate surface area is 218 Å². The normalized spacial score (nSPS) is 10.8. The van der Waals surface area contributed by atoms with Crippen molar-refractivity contribution in [2.75, 3.05) is 28.9 Å². The molecule has 0 unspecified atom stereocenters. The SMILES string of the molecule is CCOc1ccc(NC(=O)CSc2nnc(N/N=C/c3ccccc3OCc3ccccc3)n2N)cc1. The molecule has 0 aliphatic rings. The van der Waals surface area contributed by atoms with E-state index >= 15 is 0 Å². The first kappa shape index (κ1) is 25.6. The van der Waals surface area contributed by atoms with Crippen LogP contribution < -0.4 is 26.1 Å². The van der Waals surface area contributed by atoms with Crippen molar-refractivity contribution in [3.8, 4) is 11.5 Å². The van der Waals surface area contributed by atoms with Crippen molar-refractivity contribution in [1.29, 1.82) is 0 Å². The molecule has 0 radical (unpaired) electrons. The van der Waals surface area contributed by atoms with Crippen LogP contribution >= 0.6 is 11.8 Å². The lowest BCUT2D eigenvalue weighted by atomic mass is 10.2. The smallest absolute Gasteiger partial charge is 0.264 e. The van der Waals surface area contributed by atoms with E-state index < -0.39 is 0 Å². The van der Waals surface area contributed by atoms with Gasteiger partial charge in [0.15, 0.2) is 0 Å². The third-order valence-electron chi connectivity index (χ3n) is 4.97. The van der Waals surface area contributed by atoms with Crippen LogP contribution in [0.2, 0.25) is 0 Å². The van der Waals surface area contributed by atoms with E-state index in [1.807, 2.05) is 61.5 Å². The van der Waals surface area contributed by atoms with Crippen LogP contribution in [-0.4, -0.2) is 39.4 Å². The minimum atomic E-state index is -0.197. The molecule has 0 spiro atoms. The van der Waals surface area contributed by atoms with E-state index in [0.29, 0.717) is 29.8 Å². The second-order valence-electron chi connectivity index (χ2n) is 7.65. The molecule has 10 nitrogen and oxygen atoms in total. The van der Waals surface area contributed by atoms with E-state index in [9.17, 15) is 4.79 Å². The van der Waals surface area contributed by atoms with Crippen molar-refractivity contribution in [2.24, 2.45) is 5.10 Å². The van der Waals surface area contributed by atoms with E-state index in [-0.39, 0.29) is 17.6 Å². The van der Waals surface area contributed by atoms with E-state index in [0.717, 1.165) is 28.6 Å². The fourth-order valence-electron chi connectivity index (χ4n) is 3.19. The van der Waals surface area contributed by atoms with Gasteiger partial charge >= 0.3 is 0 Å². The molecule has 4 aromatic rings. The Balaban J connectivity index is 1.28. The lowest BCUT2D eigenvalue weighted by molar-refractivity contribution is -0.113. The number of nitrogens with two attached hydrogens (primary N) is 1. The highest BCUT2D eigenvalue weighted by Gasteiger charge is 2.12. The number of rotatable bonds is 12. The van der Waals surface area contributed by atoms with Crippen molar-refractivity contribution >= 4 is 35.5 Å². The van der Waals surface area contributed by atoms with Crippen molar-refractivity contribution in [3.63, 3.8) is 0 Å². The molecule has 3 aromatic carbocycles. The van der Waals surface area contributed by atoms with Crippen molar-refractivity contribution in [2.45, 2.75) is 18.7 Å². The maximum atomic E-state index is 12.3. The Hall–Kier alpha value is -4.51. The van der Waals surface area contributed by atoms with Gasteiger partial charge in [-0.25, -0.2) is 10.1 Å². The number of hydrazone groups is 1. The highest BCUT2D eigenvalue weighted by Crippen LogP contribution is 2.20. The van der Waals surface area contributed by atoms with Crippen LogP contribution in [0, 0.1) is 0 Å². The summed E-state index contributed by atoms with van der Waals surface area (Å²) in [6.07, 6.45) is 1.62. The number of carbonyl (C=O) groups is 1. The van der Waals surface area contributed by atoms with Crippen molar-refractivity contribution in [1.82, 2.24) is 14.9 Å². The van der Waals surface area contributed by atoms with Gasteiger partial charge in [-0.2, -0.15) is 5.10 Å². The standard InChI is InChI=1S/C26H27N7O3S/c1-2-35-22-14-12-21(13-15-22)29-24(34)18-37-26-32-31-25(33(26)27)30-28-16-20-10-6-7-11-23(20)36-17-19-8-4-3-5-9-19/h3-16H,2,17-18,27H2,1H3,(H,29,34)(H,30,31)/b28-16+. The quantitative estimate of drug-likeness (QED) is 0.111. The van der Waals surface area contributed by atoms with Crippen LogP contribution in [0.15, 0.2) is 89.1 Å². The minimum absolute atomic E-state index is 0.109. The molecule has 0 aliphatic heterocycles. The Morgan fingerprint density at radius 3 is 2.57 bits per heavy atom. The van der Waals surface area contributed by atoms with Crippen molar-refractivity contribution < 1.29 is 14.3 Å². The maximum absolute atomic E-state index is 12.3. The van der Waals surface area contributed by atoms with Crippen LogP contribution in [0.1, 0.15) is 18.1 Å². The summed E-state index contributed by atoms with van der Waals surface area (Å²) < 4.78 is 12.6. The van der Waals surface area contributed by atoms with Crippen LogP contribution in [0.3, 0.4) is 0 Å². The third kappa shape index (κ3) is 7.48. The Morgan fingerprint density at radius 2 is 1.78 bits per heavy atom. The highest BCUT2D eigenvalue weighted by molar-refractivity contribution is 7.99. The second-order valence-corrected chi connectivity index (χ2v) is 8.60. The minimum Gasteiger partial charge on any atom is -0.494 e. The highest BCUT2D eigenvalue weighted by atomic mass is 32.2. The van der Waals surface area contributed by atoms with Gasteiger partial charge < -0.3 is 20.6 Å². The van der Waals surface area contributed by atoms with Crippen LogP contribution in [0.5, 0.6) is 11.5 Å². The molecule has 4 N–H and O–H groups in total. The Kier molecular flexibility index (Phi) is 8.97. The molecule has 1 amide bonds. The Morgan fingerprint density at radius 1 is 1.03 bits per heavy atom. The largest absolute Gasteiger partial charge is 0.494 e.